The second-order valence-electron chi connectivity index (χ2n) is 4.40. The van der Waals surface area contributed by atoms with Crippen molar-refractivity contribution in [3.05, 3.63) is 52.9 Å². The maximum absolute atomic E-state index is 11.3. The van der Waals surface area contributed by atoms with E-state index in [0.29, 0.717) is 10.5 Å². The van der Waals surface area contributed by atoms with Crippen molar-refractivity contribution in [3.63, 3.8) is 0 Å². The molecule has 3 rings (SSSR count). The number of carbonyl (C=O) groups is 1. The van der Waals surface area contributed by atoms with Crippen LogP contribution in [0.1, 0.15) is 16.1 Å². The molecule has 7 heteroatoms. The molecule has 0 spiro atoms. The first-order chi connectivity index (χ1) is 10.0. The van der Waals surface area contributed by atoms with Gasteiger partial charge in [0.1, 0.15) is 16.8 Å². The highest BCUT2D eigenvalue weighted by atomic mass is 35.5. The van der Waals surface area contributed by atoms with E-state index in [1.54, 1.807) is 22.8 Å². The van der Waals surface area contributed by atoms with Gasteiger partial charge in [-0.25, -0.2) is 14.3 Å². The zero-order valence-corrected chi connectivity index (χ0v) is 11.7. The first-order valence-corrected chi connectivity index (χ1v) is 6.44. The number of hydrogen-bond acceptors (Lipinski definition) is 4. The maximum atomic E-state index is 11.3. The Morgan fingerprint density at radius 3 is 2.95 bits per heavy atom. The fourth-order valence-electron chi connectivity index (χ4n) is 1.96. The zero-order chi connectivity index (χ0) is 15.0. The second kappa shape index (κ2) is 5.06. The number of carboxylic acids is 1. The SMILES string of the molecule is Cc1cc2c(Oc3ccc(Cl)cc3C(=O)O)nccn2n1. The highest BCUT2D eigenvalue weighted by molar-refractivity contribution is 6.31. The number of hydrogen-bond donors (Lipinski definition) is 1. The average Bonchev–Trinajstić information content (AvgIpc) is 2.82. The molecule has 0 aliphatic carbocycles. The molecule has 3 aromatic rings. The number of halogens is 1. The standard InChI is InChI=1S/C14H10ClN3O3/c1-8-6-11-13(16-4-5-18(11)17-8)21-12-3-2-9(15)7-10(12)14(19)20/h2-7H,1H3,(H,19,20). The lowest BCUT2D eigenvalue weighted by Gasteiger charge is -2.09. The minimum atomic E-state index is -1.12. The van der Waals surface area contributed by atoms with Crippen LogP contribution in [0.5, 0.6) is 11.6 Å². The van der Waals surface area contributed by atoms with Crippen LogP contribution in [0.25, 0.3) is 5.52 Å². The molecule has 0 radical (unpaired) electrons. The number of aryl methyl sites for hydroxylation is 1. The Morgan fingerprint density at radius 2 is 2.19 bits per heavy atom. The molecule has 1 N–H and O–H groups in total. The number of rotatable bonds is 3. The molecule has 6 nitrogen and oxygen atoms in total. The van der Waals surface area contributed by atoms with Gasteiger partial charge in [-0.2, -0.15) is 5.10 Å². The molecule has 0 unspecified atom stereocenters. The van der Waals surface area contributed by atoms with Gasteiger partial charge in [-0.3, -0.25) is 0 Å². The van der Waals surface area contributed by atoms with Gasteiger partial charge in [-0.15, -0.1) is 0 Å². The Morgan fingerprint density at radius 1 is 1.38 bits per heavy atom. The van der Waals surface area contributed by atoms with E-state index in [2.05, 4.69) is 10.1 Å². The number of nitrogens with zero attached hydrogens (tertiary/aromatic N) is 3. The van der Waals surface area contributed by atoms with Crippen LogP contribution < -0.4 is 4.74 Å². The summed E-state index contributed by atoms with van der Waals surface area (Å²) in [6, 6.07) is 6.20. The topological polar surface area (TPSA) is 76.7 Å². The first-order valence-electron chi connectivity index (χ1n) is 6.06. The molecule has 0 amide bonds. The number of benzene rings is 1. The van der Waals surface area contributed by atoms with Gasteiger partial charge in [-0.1, -0.05) is 11.6 Å². The van der Waals surface area contributed by atoms with Crippen LogP contribution >= 0.6 is 11.6 Å². The van der Waals surface area contributed by atoms with E-state index < -0.39 is 5.97 Å². The Labute approximate surface area is 124 Å². The van der Waals surface area contributed by atoms with Crippen molar-refractivity contribution in [1.29, 1.82) is 0 Å². The zero-order valence-electron chi connectivity index (χ0n) is 10.9. The summed E-state index contributed by atoms with van der Waals surface area (Å²) in [5, 5.41) is 13.8. The van der Waals surface area contributed by atoms with Gasteiger partial charge in [0.25, 0.3) is 0 Å². The highest BCUT2D eigenvalue weighted by Crippen LogP contribution is 2.29. The van der Waals surface area contributed by atoms with Crippen molar-refractivity contribution in [2.75, 3.05) is 0 Å². The molecule has 106 valence electrons. The minimum absolute atomic E-state index is 0.0254. The summed E-state index contributed by atoms with van der Waals surface area (Å²) in [7, 11) is 0. The fourth-order valence-corrected chi connectivity index (χ4v) is 2.13. The molecule has 0 aliphatic heterocycles. The van der Waals surface area contributed by atoms with E-state index in [1.807, 2.05) is 6.92 Å². The lowest BCUT2D eigenvalue weighted by atomic mass is 10.2. The van der Waals surface area contributed by atoms with Gasteiger partial charge in [0.2, 0.25) is 5.88 Å². The fraction of sp³-hybridized carbons (Fsp3) is 0.0714. The van der Waals surface area contributed by atoms with Crippen LogP contribution in [0.3, 0.4) is 0 Å². The second-order valence-corrected chi connectivity index (χ2v) is 4.83. The van der Waals surface area contributed by atoms with E-state index in [9.17, 15) is 9.90 Å². The van der Waals surface area contributed by atoms with E-state index in [-0.39, 0.29) is 17.2 Å². The lowest BCUT2D eigenvalue weighted by Crippen LogP contribution is -2.01. The molecule has 0 aliphatic rings. The minimum Gasteiger partial charge on any atom is -0.478 e. The Hall–Kier alpha value is -2.60. The quantitative estimate of drug-likeness (QED) is 0.804. The molecule has 0 saturated carbocycles. The molecular formula is C14H10ClN3O3. The van der Waals surface area contributed by atoms with Crippen molar-refractivity contribution in [2.45, 2.75) is 6.92 Å². The Balaban J connectivity index is 2.08. The summed E-state index contributed by atoms with van der Waals surface area (Å²) in [6.07, 6.45) is 3.22. The highest BCUT2D eigenvalue weighted by Gasteiger charge is 2.15. The summed E-state index contributed by atoms with van der Waals surface area (Å²) in [5.74, 6) is -0.668. The third-order valence-electron chi connectivity index (χ3n) is 2.86. The number of carboxylic acid groups (broad SMARTS) is 1. The predicted molar refractivity (Wildman–Crippen MR) is 76.2 cm³/mol. The van der Waals surface area contributed by atoms with Gasteiger partial charge in [0.05, 0.1) is 5.69 Å². The summed E-state index contributed by atoms with van der Waals surface area (Å²) >= 11 is 5.81. The monoisotopic (exact) mass is 303 g/mol. The van der Waals surface area contributed by atoms with Gasteiger partial charge in [-0.05, 0) is 31.2 Å². The van der Waals surface area contributed by atoms with Gasteiger partial charge in [0.15, 0.2) is 0 Å². The Bertz CT molecular complexity index is 845. The van der Waals surface area contributed by atoms with Crippen LogP contribution in [0.15, 0.2) is 36.7 Å². The summed E-state index contributed by atoms with van der Waals surface area (Å²) in [6.45, 7) is 1.85. The molecule has 0 saturated heterocycles. The summed E-state index contributed by atoms with van der Waals surface area (Å²) in [5.41, 5.74) is 1.44. The molecule has 0 bridgehead atoms. The smallest absolute Gasteiger partial charge is 0.339 e. The van der Waals surface area contributed by atoms with Crippen LogP contribution in [-0.4, -0.2) is 25.7 Å². The molecule has 2 heterocycles. The van der Waals surface area contributed by atoms with Crippen LogP contribution in [0.2, 0.25) is 5.02 Å². The Kier molecular flexibility index (Phi) is 3.23. The third kappa shape index (κ3) is 2.53. The molecule has 1 aromatic carbocycles. The normalized spacial score (nSPS) is 10.8. The molecule has 0 fully saturated rings. The number of aromatic carboxylic acids is 1. The van der Waals surface area contributed by atoms with E-state index in [0.717, 1.165) is 5.69 Å². The summed E-state index contributed by atoms with van der Waals surface area (Å²) < 4.78 is 7.26. The van der Waals surface area contributed by atoms with Crippen LogP contribution in [-0.2, 0) is 0 Å². The lowest BCUT2D eigenvalue weighted by molar-refractivity contribution is 0.0694. The van der Waals surface area contributed by atoms with Crippen molar-refractivity contribution in [3.8, 4) is 11.6 Å². The number of ether oxygens (including phenoxy) is 1. The molecule has 2 aromatic heterocycles. The van der Waals surface area contributed by atoms with E-state index in [1.165, 1.54) is 18.3 Å². The molecule has 21 heavy (non-hydrogen) atoms. The molecule has 0 atom stereocenters. The van der Waals surface area contributed by atoms with Gasteiger partial charge < -0.3 is 9.84 Å². The van der Waals surface area contributed by atoms with Crippen LogP contribution in [0.4, 0.5) is 0 Å². The third-order valence-corrected chi connectivity index (χ3v) is 3.09. The summed E-state index contributed by atoms with van der Waals surface area (Å²) in [4.78, 5) is 15.4. The molecular weight excluding hydrogens is 294 g/mol. The predicted octanol–water partition coefficient (Wildman–Crippen LogP) is 3.18. The first kappa shape index (κ1) is 13.4. The van der Waals surface area contributed by atoms with Crippen molar-refractivity contribution in [2.24, 2.45) is 0 Å². The van der Waals surface area contributed by atoms with E-state index >= 15 is 0 Å². The van der Waals surface area contributed by atoms with Crippen molar-refractivity contribution >= 4 is 23.1 Å². The maximum Gasteiger partial charge on any atom is 0.339 e. The van der Waals surface area contributed by atoms with Gasteiger partial charge >= 0.3 is 5.97 Å². The van der Waals surface area contributed by atoms with Crippen molar-refractivity contribution in [1.82, 2.24) is 14.6 Å². The van der Waals surface area contributed by atoms with Gasteiger partial charge in [0, 0.05) is 17.4 Å². The largest absolute Gasteiger partial charge is 0.478 e. The van der Waals surface area contributed by atoms with E-state index in [4.69, 9.17) is 16.3 Å². The van der Waals surface area contributed by atoms with Crippen LogP contribution in [0, 0.1) is 6.92 Å². The number of aromatic nitrogens is 3. The number of fused-ring (bicyclic) bond motifs is 1. The average molecular weight is 304 g/mol. The van der Waals surface area contributed by atoms with Crippen molar-refractivity contribution < 1.29 is 14.6 Å².